The lowest BCUT2D eigenvalue weighted by molar-refractivity contribution is -0.123. The molecule has 0 fully saturated rings. The first-order chi connectivity index (χ1) is 11.8. The third-order valence-corrected chi connectivity index (χ3v) is 4.21. The summed E-state index contributed by atoms with van der Waals surface area (Å²) in [6.07, 6.45) is -0.242. The highest BCUT2D eigenvalue weighted by molar-refractivity contribution is 6.30. The summed E-state index contributed by atoms with van der Waals surface area (Å²) < 4.78 is 0. The highest BCUT2D eigenvalue weighted by Gasteiger charge is 2.15. The zero-order valence-corrected chi connectivity index (χ0v) is 15.7. The minimum Gasteiger partial charge on any atom is -0.325 e. The summed E-state index contributed by atoms with van der Waals surface area (Å²) in [5.74, 6) is -0.413. The molecule has 0 aliphatic rings. The molecule has 0 radical (unpaired) electrons. The van der Waals surface area contributed by atoms with Crippen molar-refractivity contribution in [1.29, 1.82) is 0 Å². The molecular formula is C20H23ClN2O2. The van der Waals surface area contributed by atoms with Crippen LogP contribution in [-0.4, -0.2) is 11.8 Å². The Bertz CT molecular complexity index is 800. The molecule has 2 aromatic carbocycles. The highest BCUT2D eigenvalue weighted by Crippen LogP contribution is 2.27. The van der Waals surface area contributed by atoms with Gasteiger partial charge in [0.15, 0.2) is 0 Å². The van der Waals surface area contributed by atoms with Gasteiger partial charge >= 0.3 is 0 Å². The Morgan fingerprint density at radius 2 is 1.68 bits per heavy atom. The van der Waals surface area contributed by atoms with E-state index in [0.717, 1.165) is 22.4 Å². The van der Waals surface area contributed by atoms with E-state index in [2.05, 4.69) is 24.5 Å². The van der Waals surface area contributed by atoms with Crippen LogP contribution in [0.1, 0.15) is 42.9 Å². The molecule has 0 spiro atoms. The number of nitrogens with one attached hydrogen (secondary N) is 2. The van der Waals surface area contributed by atoms with Crippen LogP contribution < -0.4 is 10.6 Å². The maximum Gasteiger partial charge on any atom is 0.233 e. The van der Waals surface area contributed by atoms with Gasteiger partial charge in [0, 0.05) is 16.4 Å². The monoisotopic (exact) mass is 358 g/mol. The van der Waals surface area contributed by atoms with Gasteiger partial charge < -0.3 is 10.6 Å². The standard InChI is InChI=1S/C20H23ClN2O2/c1-12(2)16-7-5-6-13(3)20(16)23-19(25)11-18(24)22-17-9-8-15(21)10-14(17)4/h5-10,12H,11H2,1-4H3,(H,22,24)(H,23,25). The molecule has 0 saturated heterocycles. The molecule has 0 aromatic heterocycles. The zero-order chi connectivity index (χ0) is 18.6. The molecule has 2 N–H and O–H groups in total. The van der Waals surface area contributed by atoms with E-state index in [-0.39, 0.29) is 24.2 Å². The molecule has 0 unspecified atom stereocenters. The summed E-state index contributed by atoms with van der Waals surface area (Å²) in [7, 11) is 0. The van der Waals surface area contributed by atoms with E-state index >= 15 is 0 Å². The van der Waals surface area contributed by atoms with Gasteiger partial charge in [-0.3, -0.25) is 9.59 Å². The van der Waals surface area contributed by atoms with Crippen LogP contribution in [0.3, 0.4) is 0 Å². The number of hydrogen-bond acceptors (Lipinski definition) is 2. The van der Waals surface area contributed by atoms with Gasteiger partial charge in [-0.25, -0.2) is 0 Å². The van der Waals surface area contributed by atoms with Gasteiger partial charge in [-0.2, -0.15) is 0 Å². The third kappa shape index (κ3) is 5.07. The van der Waals surface area contributed by atoms with Crippen LogP contribution in [0.25, 0.3) is 0 Å². The van der Waals surface area contributed by atoms with Crippen LogP contribution in [0.15, 0.2) is 36.4 Å². The maximum atomic E-state index is 12.3. The Morgan fingerprint density at radius 3 is 2.32 bits per heavy atom. The number of anilines is 2. The fourth-order valence-corrected chi connectivity index (χ4v) is 2.86. The van der Waals surface area contributed by atoms with Crippen LogP contribution in [0.5, 0.6) is 0 Å². The van der Waals surface area contributed by atoms with E-state index in [9.17, 15) is 9.59 Å². The average molecular weight is 359 g/mol. The predicted octanol–water partition coefficient (Wildman–Crippen LogP) is 5.05. The fraction of sp³-hybridized carbons (Fsp3) is 0.300. The SMILES string of the molecule is Cc1cc(Cl)ccc1NC(=O)CC(=O)Nc1c(C)cccc1C(C)C. The first-order valence-corrected chi connectivity index (χ1v) is 8.61. The van der Waals surface area contributed by atoms with Crippen LogP contribution in [0.2, 0.25) is 5.02 Å². The number of amides is 2. The van der Waals surface area contributed by atoms with E-state index in [1.165, 1.54) is 0 Å². The molecule has 2 aromatic rings. The quantitative estimate of drug-likeness (QED) is 0.735. The van der Waals surface area contributed by atoms with Crippen molar-refractivity contribution in [1.82, 2.24) is 0 Å². The van der Waals surface area contributed by atoms with Crippen LogP contribution in [-0.2, 0) is 9.59 Å². The Balaban J connectivity index is 2.04. The second-order valence-electron chi connectivity index (χ2n) is 6.43. The van der Waals surface area contributed by atoms with Crippen molar-refractivity contribution in [2.45, 2.75) is 40.0 Å². The van der Waals surface area contributed by atoms with Crippen molar-refractivity contribution in [3.8, 4) is 0 Å². The summed E-state index contributed by atoms with van der Waals surface area (Å²) >= 11 is 5.91. The lowest BCUT2D eigenvalue weighted by Gasteiger charge is -2.16. The zero-order valence-electron chi connectivity index (χ0n) is 14.9. The minimum absolute atomic E-state index is 0.242. The Labute approximate surface area is 153 Å². The van der Waals surface area contributed by atoms with Crippen LogP contribution in [0, 0.1) is 13.8 Å². The highest BCUT2D eigenvalue weighted by atomic mass is 35.5. The number of aryl methyl sites for hydroxylation is 2. The van der Waals surface area contributed by atoms with Gasteiger partial charge in [0.1, 0.15) is 6.42 Å². The first kappa shape index (κ1) is 19.0. The van der Waals surface area contributed by atoms with E-state index in [4.69, 9.17) is 11.6 Å². The number of carbonyl (C=O) groups is 2. The lowest BCUT2D eigenvalue weighted by atomic mass is 9.98. The molecule has 0 saturated carbocycles. The lowest BCUT2D eigenvalue weighted by Crippen LogP contribution is -2.22. The molecular weight excluding hydrogens is 336 g/mol. The van der Waals surface area contributed by atoms with Gasteiger partial charge in [-0.05, 0) is 54.7 Å². The van der Waals surface area contributed by atoms with Gasteiger partial charge in [-0.15, -0.1) is 0 Å². The molecule has 0 bridgehead atoms. The number of hydrogen-bond donors (Lipinski definition) is 2. The Morgan fingerprint density at radius 1 is 1.00 bits per heavy atom. The second-order valence-corrected chi connectivity index (χ2v) is 6.86. The topological polar surface area (TPSA) is 58.2 Å². The van der Waals surface area contributed by atoms with Crippen molar-refractivity contribution in [3.63, 3.8) is 0 Å². The van der Waals surface area contributed by atoms with Crippen molar-refractivity contribution in [3.05, 3.63) is 58.1 Å². The number of rotatable bonds is 5. The van der Waals surface area contributed by atoms with E-state index in [0.29, 0.717) is 10.7 Å². The summed E-state index contributed by atoms with van der Waals surface area (Å²) in [5.41, 5.74) is 4.33. The van der Waals surface area contributed by atoms with Gasteiger partial charge in [0.05, 0.1) is 0 Å². The number of benzene rings is 2. The van der Waals surface area contributed by atoms with Crippen molar-refractivity contribution < 1.29 is 9.59 Å². The molecule has 0 atom stereocenters. The van der Waals surface area contributed by atoms with E-state index in [1.54, 1.807) is 18.2 Å². The molecule has 0 aliphatic heterocycles. The summed E-state index contributed by atoms with van der Waals surface area (Å²) in [5, 5.41) is 6.23. The van der Waals surface area contributed by atoms with Crippen molar-refractivity contribution in [2.75, 3.05) is 10.6 Å². The summed E-state index contributed by atoms with van der Waals surface area (Å²) in [6.45, 7) is 7.93. The molecule has 0 aliphatic carbocycles. The van der Waals surface area contributed by atoms with Crippen molar-refractivity contribution >= 4 is 34.8 Å². The van der Waals surface area contributed by atoms with Gasteiger partial charge in [0.2, 0.25) is 11.8 Å². The molecule has 0 heterocycles. The molecule has 2 amide bonds. The molecule has 25 heavy (non-hydrogen) atoms. The number of halogens is 1. The third-order valence-electron chi connectivity index (χ3n) is 3.98. The fourth-order valence-electron chi connectivity index (χ4n) is 2.63. The van der Waals surface area contributed by atoms with Gasteiger partial charge in [0.25, 0.3) is 0 Å². The summed E-state index contributed by atoms with van der Waals surface area (Å²) in [4.78, 5) is 24.4. The van der Waals surface area contributed by atoms with Crippen molar-refractivity contribution in [2.24, 2.45) is 0 Å². The number of carbonyl (C=O) groups excluding carboxylic acids is 2. The largest absolute Gasteiger partial charge is 0.325 e. The predicted molar refractivity (Wildman–Crippen MR) is 103 cm³/mol. The van der Waals surface area contributed by atoms with Gasteiger partial charge in [-0.1, -0.05) is 43.6 Å². The van der Waals surface area contributed by atoms with E-state index < -0.39 is 0 Å². The Hall–Kier alpha value is -2.33. The second kappa shape index (κ2) is 8.17. The van der Waals surface area contributed by atoms with E-state index in [1.807, 2.05) is 32.0 Å². The normalized spacial score (nSPS) is 10.6. The molecule has 4 nitrogen and oxygen atoms in total. The average Bonchev–Trinajstić information content (AvgIpc) is 2.51. The van der Waals surface area contributed by atoms with Crippen LogP contribution in [0.4, 0.5) is 11.4 Å². The smallest absolute Gasteiger partial charge is 0.233 e. The number of para-hydroxylation sites is 1. The maximum absolute atomic E-state index is 12.3. The molecule has 2 rings (SSSR count). The summed E-state index contributed by atoms with van der Waals surface area (Å²) in [6, 6.07) is 11.1. The molecule has 5 heteroatoms. The van der Waals surface area contributed by atoms with Crippen LogP contribution >= 0.6 is 11.6 Å². The Kier molecular flexibility index (Phi) is 6.21. The molecule has 132 valence electrons. The minimum atomic E-state index is -0.359. The first-order valence-electron chi connectivity index (χ1n) is 8.23.